The number of fused-ring (bicyclic) bond motifs is 2. The van der Waals surface area contributed by atoms with Gasteiger partial charge in [-0.25, -0.2) is 0 Å². The minimum absolute atomic E-state index is 0.0382. The van der Waals surface area contributed by atoms with Gasteiger partial charge in [0.25, 0.3) is 0 Å². The van der Waals surface area contributed by atoms with Gasteiger partial charge in [0.2, 0.25) is 0 Å². The van der Waals surface area contributed by atoms with Gasteiger partial charge in [0.15, 0.2) is 0 Å². The number of benzene rings is 1. The quantitative estimate of drug-likeness (QED) is 0.505. The van der Waals surface area contributed by atoms with Crippen LogP contribution in [0.5, 0.6) is 0 Å². The summed E-state index contributed by atoms with van der Waals surface area (Å²) in [6.07, 6.45) is 18.7. The minimum Gasteiger partial charge on any atom is -0.359 e. The molecule has 5 aliphatic rings. The van der Waals surface area contributed by atoms with Crippen molar-refractivity contribution >= 4 is 10.8 Å². The van der Waals surface area contributed by atoms with E-state index in [4.69, 9.17) is 4.74 Å². The Balaban J connectivity index is 1.24. The van der Waals surface area contributed by atoms with Crippen molar-refractivity contribution in [3.05, 3.63) is 65.5 Å². The maximum atomic E-state index is 7.47. The summed E-state index contributed by atoms with van der Waals surface area (Å²) in [4.78, 5) is 4.39. The molecule has 6 atom stereocenters. The third-order valence-corrected chi connectivity index (χ3v) is 10.4. The van der Waals surface area contributed by atoms with E-state index < -0.39 is 0 Å². The molecule has 1 N–H and O–H groups in total. The van der Waals surface area contributed by atoms with Crippen LogP contribution in [0, 0.1) is 11.3 Å². The van der Waals surface area contributed by atoms with Gasteiger partial charge in [0.1, 0.15) is 0 Å². The number of rotatable bonds is 2. The van der Waals surface area contributed by atoms with Crippen molar-refractivity contribution in [2.24, 2.45) is 11.3 Å². The maximum absolute atomic E-state index is 7.47. The van der Waals surface area contributed by atoms with E-state index in [1.54, 1.807) is 5.57 Å². The molecule has 6 unspecified atom stereocenters. The predicted octanol–water partition coefficient (Wildman–Crippen LogP) is 7.23. The summed E-state index contributed by atoms with van der Waals surface area (Å²) >= 11 is 0. The number of hydrogen-bond donors (Lipinski definition) is 1. The third kappa shape index (κ3) is 3.20. The Labute approximate surface area is 210 Å². The Kier molecular flexibility index (Phi) is 4.64. The van der Waals surface area contributed by atoms with Crippen LogP contribution < -0.4 is 5.32 Å². The Morgan fingerprint density at radius 2 is 1.94 bits per heavy atom. The van der Waals surface area contributed by atoms with Gasteiger partial charge in [-0.2, -0.15) is 0 Å². The molecule has 3 heterocycles. The van der Waals surface area contributed by atoms with Crippen molar-refractivity contribution in [1.29, 1.82) is 0 Å². The van der Waals surface area contributed by atoms with Crippen LogP contribution in [0.15, 0.2) is 60.0 Å². The fraction of sp³-hybridized carbons (Fsp3) is 0.594. The maximum Gasteiger partial charge on any atom is 0.0974 e. The van der Waals surface area contributed by atoms with Crippen LogP contribution in [0.4, 0.5) is 0 Å². The SMILES string of the molecule is CC(C)(C)NC1CCC2=CC3=CCC4(C)C(c5ccc6ccncc6c5)CCC4C34CCC2(C1)O4. The molecule has 1 aromatic carbocycles. The monoisotopic (exact) mass is 468 g/mol. The second-order valence-electron chi connectivity index (χ2n) is 13.5. The van der Waals surface area contributed by atoms with E-state index in [1.165, 1.54) is 66.9 Å². The van der Waals surface area contributed by atoms with Crippen molar-refractivity contribution in [3.63, 3.8) is 0 Å². The van der Waals surface area contributed by atoms with Gasteiger partial charge in [-0.3, -0.25) is 4.98 Å². The lowest BCUT2D eigenvalue weighted by Crippen LogP contribution is -2.56. The first-order valence-corrected chi connectivity index (χ1v) is 13.9. The van der Waals surface area contributed by atoms with Crippen LogP contribution in [-0.2, 0) is 4.74 Å². The molecular weight excluding hydrogens is 428 g/mol. The summed E-state index contributed by atoms with van der Waals surface area (Å²) in [5.41, 5.74) is 4.88. The smallest absolute Gasteiger partial charge is 0.0974 e. The van der Waals surface area contributed by atoms with Crippen molar-refractivity contribution in [1.82, 2.24) is 10.3 Å². The lowest BCUT2D eigenvalue weighted by atomic mass is 9.58. The van der Waals surface area contributed by atoms with Crippen LogP contribution in [-0.4, -0.2) is 27.8 Å². The highest BCUT2D eigenvalue weighted by atomic mass is 16.5. The van der Waals surface area contributed by atoms with Gasteiger partial charge in [-0.15, -0.1) is 0 Å². The van der Waals surface area contributed by atoms with Gasteiger partial charge < -0.3 is 10.1 Å². The number of hydrogen-bond acceptors (Lipinski definition) is 3. The molecule has 2 bridgehead atoms. The van der Waals surface area contributed by atoms with E-state index in [-0.39, 0.29) is 22.2 Å². The normalized spacial score (nSPS) is 40.1. The molecule has 7 rings (SSSR count). The lowest BCUT2D eigenvalue weighted by molar-refractivity contribution is -0.136. The summed E-state index contributed by atoms with van der Waals surface area (Å²) in [6, 6.07) is 9.77. The zero-order valence-corrected chi connectivity index (χ0v) is 21.9. The minimum atomic E-state index is -0.0761. The zero-order valence-electron chi connectivity index (χ0n) is 21.9. The van der Waals surface area contributed by atoms with Crippen molar-refractivity contribution in [2.45, 2.75) is 108 Å². The summed E-state index contributed by atoms with van der Waals surface area (Å²) in [7, 11) is 0. The molecule has 2 aromatic rings. The first-order chi connectivity index (χ1) is 16.7. The second-order valence-corrected chi connectivity index (χ2v) is 13.5. The Morgan fingerprint density at radius 1 is 1.06 bits per heavy atom. The van der Waals surface area contributed by atoms with Crippen molar-refractivity contribution in [3.8, 4) is 0 Å². The molecule has 35 heavy (non-hydrogen) atoms. The molecular formula is C32H40N2O. The van der Waals surface area contributed by atoms with E-state index in [2.05, 4.69) is 74.4 Å². The molecule has 2 spiro atoms. The first kappa shape index (κ1) is 22.2. The van der Waals surface area contributed by atoms with Gasteiger partial charge in [-0.1, -0.05) is 31.2 Å². The standard InChI is InChI=1S/C32H40N2O/c1-29(2,3)34-26-8-7-24-18-25-11-13-30(4)27(22-6-5-21-12-16-33-20-23(21)17-22)9-10-28(30)32(25)15-14-31(24,19-26)35-32/h5-6,11-12,16-18,20,26-28,34H,7-10,13-15,19H2,1-4H3. The van der Waals surface area contributed by atoms with Crippen LogP contribution >= 0.6 is 0 Å². The molecule has 3 aliphatic carbocycles. The number of pyridine rings is 1. The fourth-order valence-corrected chi connectivity index (χ4v) is 9.01. The molecule has 2 aliphatic heterocycles. The first-order valence-electron chi connectivity index (χ1n) is 13.9. The van der Waals surface area contributed by atoms with Gasteiger partial charge in [0, 0.05) is 29.4 Å². The van der Waals surface area contributed by atoms with Crippen molar-refractivity contribution in [2.75, 3.05) is 0 Å². The zero-order chi connectivity index (χ0) is 24.1. The Bertz CT molecular complexity index is 1250. The molecule has 0 amide bonds. The molecule has 1 aromatic heterocycles. The number of nitrogens with zero attached hydrogens (tertiary/aromatic N) is 1. The second kappa shape index (κ2) is 7.29. The van der Waals surface area contributed by atoms with E-state index in [1.807, 2.05) is 12.4 Å². The van der Waals surface area contributed by atoms with Crippen LogP contribution in [0.2, 0.25) is 0 Å². The molecule has 2 saturated carbocycles. The van der Waals surface area contributed by atoms with Crippen molar-refractivity contribution < 1.29 is 4.74 Å². The van der Waals surface area contributed by atoms with Crippen LogP contribution in [0.25, 0.3) is 10.8 Å². The molecule has 0 radical (unpaired) electrons. The fourth-order valence-electron chi connectivity index (χ4n) is 9.01. The Hall–Kier alpha value is -1.97. The molecule has 1 saturated heterocycles. The van der Waals surface area contributed by atoms with Gasteiger partial charge >= 0.3 is 0 Å². The highest BCUT2D eigenvalue weighted by Crippen LogP contribution is 2.69. The average molecular weight is 469 g/mol. The third-order valence-electron chi connectivity index (χ3n) is 10.4. The number of ether oxygens (including phenoxy) is 1. The highest BCUT2D eigenvalue weighted by Gasteiger charge is 2.66. The summed E-state index contributed by atoms with van der Waals surface area (Å²) in [5.74, 6) is 1.18. The number of allylic oxidation sites excluding steroid dienone is 1. The average Bonchev–Trinajstić information content (AvgIpc) is 3.33. The largest absolute Gasteiger partial charge is 0.359 e. The van der Waals surface area contributed by atoms with E-state index in [0.717, 1.165) is 6.42 Å². The topological polar surface area (TPSA) is 34.2 Å². The van der Waals surface area contributed by atoms with E-state index >= 15 is 0 Å². The summed E-state index contributed by atoms with van der Waals surface area (Å²) < 4.78 is 7.47. The lowest BCUT2D eigenvalue weighted by Gasteiger charge is -2.54. The summed E-state index contributed by atoms with van der Waals surface area (Å²) in [6.45, 7) is 9.46. The highest BCUT2D eigenvalue weighted by molar-refractivity contribution is 5.82. The molecule has 184 valence electrons. The van der Waals surface area contributed by atoms with Crippen LogP contribution in [0.1, 0.15) is 90.5 Å². The van der Waals surface area contributed by atoms with Crippen LogP contribution in [0.3, 0.4) is 0 Å². The van der Waals surface area contributed by atoms with E-state index in [9.17, 15) is 0 Å². The van der Waals surface area contributed by atoms with Gasteiger partial charge in [-0.05, 0) is 124 Å². The molecule has 3 nitrogen and oxygen atoms in total. The van der Waals surface area contributed by atoms with E-state index in [0.29, 0.717) is 17.9 Å². The molecule has 3 heteroatoms. The number of aromatic nitrogens is 1. The molecule has 3 fully saturated rings. The number of nitrogens with one attached hydrogen (secondary N) is 1. The van der Waals surface area contributed by atoms with Gasteiger partial charge in [0.05, 0.1) is 11.2 Å². The predicted molar refractivity (Wildman–Crippen MR) is 142 cm³/mol. The summed E-state index contributed by atoms with van der Waals surface area (Å²) in [5, 5.41) is 6.46. The Morgan fingerprint density at radius 3 is 2.80 bits per heavy atom.